The Kier molecular flexibility index (Phi) is 7.37. The maximum absolute atomic E-state index is 12.3. The fourth-order valence-corrected chi connectivity index (χ4v) is 3.15. The second-order valence-electron chi connectivity index (χ2n) is 4.95. The summed E-state index contributed by atoms with van der Waals surface area (Å²) in [5.41, 5.74) is 11.6. The van der Waals surface area contributed by atoms with E-state index in [9.17, 15) is 18.0 Å². The normalized spacial score (nSPS) is 12.2. The minimum absolute atomic E-state index is 0. The van der Waals surface area contributed by atoms with Crippen molar-refractivity contribution >= 4 is 51.6 Å². The summed E-state index contributed by atoms with van der Waals surface area (Å²) in [4.78, 5) is 22.3. The molecule has 2 aliphatic rings. The zero-order valence-corrected chi connectivity index (χ0v) is 13.0. The topological polar surface area (TPSA) is 130 Å². The van der Waals surface area contributed by atoms with Crippen LogP contribution in [0.15, 0.2) is 47.4 Å². The standard InChI is InChI=1S/C15H16N2O5S.Na.H/c16-12(7-9-14(17)18)15(19)22-23(20,21)13-8-6-10-4-2-1-3-5-11(10)13;;/h1-6,8,12H,7,9,16H2,(H2,17,18);;/t12-;;/m0../s1. The first-order valence-electron chi connectivity index (χ1n) is 6.81. The average Bonchev–Trinajstić information content (AvgIpc) is 2.75. The number of fused-ring (bicyclic) bond motifs is 1. The first-order valence-corrected chi connectivity index (χ1v) is 8.22. The van der Waals surface area contributed by atoms with Crippen LogP contribution in [-0.2, 0) is 23.9 Å². The molecule has 124 valence electrons. The van der Waals surface area contributed by atoms with Crippen LogP contribution in [0.1, 0.15) is 12.8 Å². The van der Waals surface area contributed by atoms with Gasteiger partial charge in [0, 0.05) is 12.0 Å². The molecule has 1 amide bonds. The Bertz CT molecular complexity index is 809. The fourth-order valence-electron chi connectivity index (χ4n) is 2.03. The molecule has 4 N–H and O–H groups in total. The molecule has 0 spiro atoms. The number of hydrogen-bond acceptors (Lipinski definition) is 6. The van der Waals surface area contributed by atoms with Crippen LogP contribution in [0.2, 0.25) is 0 Å². The van der Waals surface area contributed by atoms with E-state index in [0.29, 0.717) is 11.1 Å². The van der Waals surface area contributed by atoms with Gasteiger partial charge in [-0.1, -0.05) is 36.4 Å². The molecule has 24 heavy (non-hydrogen) atoms. The number of rotatable bonds is 6. The van der Waals surface area contributed by atoms with E-state index in [4.69, 9.17) is 11.5 Å². The van der Waals surface area contributed by atoms with Crippen molar-refractivity contribution in [3.8, 4) is 11.1 Å². The van der Waals surface area contributed by atoms with E-state index in [1.165, 1.54) is 6.07 Å². The Labute approximate surface area is 162 Å². The van der Waals surface area contributed by atoms with Gasteiger partial charge < -0.3 is 15.7 Å². The van der Waals surface area contributed by atoms with Gasteiger partial charge in [-0.25, -0.2) is 4.79 Å². The van der Waals surface area contributed by atoms with Gasteiger partial charge in [0.15, 0.2) is 0 Å². The summed E-state index contributed by atoms with van der Waals surface area (Å²) in [5, 5.41) is 0. The van der Waals surface area contributed by atoms with Gasteiger partial charge in [0.1, 0.15) is 10.9 Å². The summed E-state index contributed by atoms with van der Waals surface area (Å²) in [6.45, 7) is 0. The van der Waals surface area contributed by atoms with Gasteiger partial charge in [-0.05, 0) is 18.1 Å². The molecule has 0 unspecified atom stereocenters. The van der Waals surface area contributed by atoms with E-state index in [-0.39, 0.29) is 47.3 Å². The molecule has 0 radical (unpaired) electrons. The van der Waals surface area contributed by atoms with Gasteiger partial charge in [0.05, 0.1) is 0 Å². The quantitative estimate of drug-likeness (QED) is 0.549. The van der Waals surface area contributed by atoms with Crippen molar-refractivity contribution < 1.29 is 22.2 Å². The van der Waals surface area contributed by atoms with E-state index >= 15 is 0 Å². The third-order valence-electron chi connectivity index (χ3n) is 3.22. The second-order valence-corrected chi connectivity index (χ2v) is 6.46. The zero-order valence-electron chi connectivity index (χ0n) is 12.1. The molecule has 0 heterocycles. The van der Waals surface area contributed by atoms with E-state index in [1.54, 1.807) is 36.4 Å². The zero-order chi connectivity index (χ0) is 17.0. The Morgan fingerprint density at radius 3 is 2.42 bits per heavy atom. The summed E-state index contributed by atoms with van der Waals surface area (Å²) in [7, 11) is -4.30. The fraction of sp³-hybridized carbons (Fsp3) is 0.200. The molecule has 0 aliphatic heterocycles. The van der Waals surface area contributed by atoms with Gasteiger partial charge in [-0.15, -0.1) is 0 Å². The van der Waals surface area contributed by atoms with Gasteiger partial charge >= 0.3 is 45.6 Å². The van der Waals surface area contributed by atoms with Crippen molar-refractivity contribution in [1.29, 1.82) is 0 Å². The van der Waals surface area contributed by atoms with Crippen LogP contribution in [-0.4, -0.2) is 55.9 Å². The number of carbonyl (C=O) groups excluding carboxylic acids is 2. The first kappa shape index (κ1) is 20.6. The van der Waals surface area contributed by atoms with Crippen molar-refractivity contribution in [2.24, 2.45) is 11.5 Å². The molecule has 0 saturated heterocycles. The van der Waals surface area contributed by atoms with Crippen LogP contribution in [0, 0.1) is 0 Å². The molecule has 1 atom stereocenters. The monoisotopic (exact) mass is 360 g/mol. The average molecular weight is 360 g/mol. The maximum atomic E-state index is 12.3. The van der Waals surface area contributed by atoms with Gasteiger partial charge in [-0.2, -0.15) is 8.42 Å². The summed E-state index contributed by atoms with van der Waals surface area (Å²) in [6, 6.07) is 10.3. The Hall–Kier alpha value is -1.45. The minimum atomic E-state index is -4.30. The van der Waals surface area contributed by atoms with E-state index in [0.717, 1.165) is 0 Å². The van der Waals surface area contributed by atoms with Crippen LogP contribution in [0.5, 0.6) is 0 Å². The number of amides is 1. The molecule has 9 heteroatoms. The van der Waals surface area contributed by atoms with Gasteiger partial charge in [0.25, 0.3) is 0 Å². The van der Waals surface area contributed by atoms with Crippen molar-refractivity contribution in [2.75, 3.05) is 0 Å². The molecule has 0 aromatic heterocycles. The van der Waals surface area contributed by atoms with Crippen molar-refractivity contribution in [3.05, 3.63) is 42.5 Å². The predicted octanol–water partition coefficient (Wildman–Crippen LogP) is -0.0324. The van der Waals surface area contributed by atoms with E-state index < -0.39 is 28.0 Å². The molecule has 7 nitrogen and oxygen atoms in total. The van der Waals surface area contributed by atoms with Crippen LogP contribution >= 0.6 is 0 Å². The van der Waals surface area contributed by atoms with E-state index in [1.807, 2.05) is 0 Å². The van der Waals surface area contributed by atoms with Crippen LogP contribution in [0.25, 0.3) is 11.1 Å². The summed E-state index contributed by atoms with van der Waals surface area (Å²) in [5.74, 6) is -1.76. The number of carbonyl (C=O) groups is 2. The van der Waals surface area contributed by atoms with Crippen molar-refractivity contribution in [1.82, 2.24) is 0 Å². The molecule has 0 fully saturated rings. The molecular formula is C15H17N2NaO5S. The van der Waals surface area contributed by atoms with Gasteiger partial charge in [0.2, 0.25) is 5.91 Å². The molecule has 2 aliphatic carbocycles. The Balaban J connectivity index is 0.00000288. The van der Waals surface area contributed by atoms with E-state index in [2.05, 4.69) is 4.18 Å². The number of primary amides is 1. The SMILES string of the molecule is NC(=O)CC[C@H](N)C(=O)OS(=O)(=O)c1ccc2cccccc1-2.[NaH]. The molecule has 0 saturated carbocycles. The number of nitrogens with two attached hydrogens (primary N) is 2. The summed E-state index contributed by atoms with van der Waals surface area (Å²) in [6.07, 6.45) is -0.216. The van der Waals surface area contributed by atoms with Crippen LogP contribution in [0.3, 0.4) is 0 Å². The Morgan fingerprint density at radius 2 is 1.75 bits per heavy atom. The van der Waals surface area contributed by atoms with Gasteiger partial charge in [-0.3, -0.25) is 4.79 Å². The van der Waals surface area contributed by atoms with Crippen molar-refractivity contribution in [2.45, 2.75) is 23.8 Å². The molecular weight excluding hydrogens is 343 g/mol. The first-order chi connectivity index (χ1) is 10.8. The predicted molar refractivity (Wildman–Crippen MR) is 89.9 cm³/mol. The summed E-state index contributed by atoms with van der Waals surface area (Å²) >= 11 is 0. The van der Waals surface area contributed by atoms with Crippen LogP contribution in [0.4, 0.5) is 0 Å². The second kappa shape index (κ2) is 8.59. The summed E-state index contributed by atoms with van der Waals surface area (Å²) < 4.78 is 29.1. The number of hydrogen-bond donors (Lipinski definition) is 2. The third-order valence-corrected chi connectivity index (χ3v) is 4.50. The molecule has 0 aromatic rings. The molecule has 0 aromatic carbocycles. The molecule has 0 bridgehead atoms. The third kappa shape index (κ3) is 5.02. The van der Waals surface area contributed by atoms with Crippen molar-refractivity contribution in [3.63, 3.8) is 0 Å². The molecule has 2 rings (SSSR count). The van der Waals surface area contributed by atoms with Crippen LogP contribution < -0.4 is 11.5 Å². The Morgan fingerprint density at radius 1 is 1.08 bits per heavy atom.